The molecule has 1 aromatic rings. The molecule has 3 aliphatic heterocycles. The lowest BCUT2D eigenvalue weighted by Crippen LogP contribution is -3.17. The van der Waals surface area contributed by atoms with E-state index in [0.717, 1.165) is 30.9 Å². The van der Waals surface area contributed by atoms with Crippen molar-refractivity contribution >= 4 is 11.7 Å². The summed E-state index contributed by atoms with van der Waals surface area (Å²) in [4.78, 5) is 14.2. The van der Waals surface area contributed by atoms with E-state index in [1.807, 2.05) is 13.0 Å². The number of aliphatic hydroxyl groups is 1. The van der Waals surface area contributed by atoms with Crippen LogP contribution in [0.5, 0.6) is 0 Å². The number of nitrogens with one attached hydrogen (secondary N) is 2. The second kappa shape index (κ2) is 5.21. The van der Waals surface area contributed by atoms with E-state index in [9.17, 15) is 9.90 Å². The summed E-state index contributed by atoms with van der Waals surface area (Å²) in [5.74, 6) is -0.287. The molecular weight excluding hydrogens is 328 g/mol. The molecule has 5 nitrogen and oxygen atoms in total. The van der Waals surface area contributed by atoms with Gasteiger partial charge in [-0.25, -0.2) is 4.79 Å². The highest BCUT2D eigenvalue weighted by molar-refractivity contribution is 5.93. The fourth-order valence-corrected chi connectivity index (χ4v) is 6.23. The molecule has 1 saturated heterocycles. The van der Waals surface area contributed by atoms with Gasteiger partial charge >= 0.3 is 5.97 Å². The molecule has 136 valence electrons. The Morgan fingerprint density at radius 2 is 2.23 bits per heavy atom. The molecule has 4 aliphatic rings. The van der Waals surface area contributed by atoms with E-state index < -0.39 is 11.5 Å². The van der Waals surface area contributed by atoms with Gasteiger partial charge in [0.2, 0.25) is 0 Å². The lowest BCUT2D eigenvalue weighted by Gasteiger charge is -2.52. The topological polar surface area (TPSA) is 63.0 Å². The first-order valence-electron chi connectivity index (χ1n) is 9.43. The molecule has 1 fully saturated rings. The third-order valence-electron chi connectivity index (χ3n) is 7.19. The fraction of sp³-hybridized carbons (Fsp3) is 0.476. The zero-order chi connectivity index (χ0) is 18.1. The van der Waals surface area contributed by atoms with Gasteiger partial charge in [0, 0.05) is 17.8 Å². The van der Waals surface area contributed by atoms with Gasteiger partial charge in [0.1, 0.15) is 6.04 Å². The summed E-state index contributed by atoms with van der Waals surface area (Å²) in [5, 5.41) is 14.5. The van der Waals surface area contributed by atoms with Gasteiger partial charge in [-0.1, -0.05) is 24.3 Å². The Morgan fingerprint density at radius 1 is 1.42 bits per heavy atom. The molecule has 1 aliphatic carbocycles. The second-order valence-electron chi connectivity index (χ2n) is 8.15. The summed E-state index contributed by atoms with van der Waals surface area (Å²) in [6.45, 7) is 3.88. The van der Waals surface area contributed by atoms with Crippen LogP contribution in [-0.2, 0) is 14.9 Å². The number of carbonyl (C=O) groups is 1. The van der Waals surface area contributed by atoms with Crippen LogP contribution >= 0.6 is 0 Å². The van der Waals surface area contributed by atoms with E-state index in [0.29, 0.717) is 12.0 Å². The van der Waals surface area contributed by atoms with Crippen LogP contribution in [0.15, 0.2) is 47.7 Å². The van der Waals surface area contributed by atoms with Crippen molar-refractivity contribution < 1.29 is 19.5 Å². The maximum Gasteiger partial charge on any atom is 0.335 e. The number of benzene rings is 1. The molecule has 0 saturated carbocycles. The third kappa shape index (κ3) is 1.70. The van der Waals surface area contributed by atoms with Crippen molar-refractivity contribution in [3.05, 3.63) is 53.3 Å². The molecule has 1 spiro atoms. The Hall–Kier alpha value is -2.11. The Labute approximate surface area is 153 Å². The summed E-state index contributed by atoms with van der Waals surface area (Å²) in [5.41, 5.74) is 3.34. The van der Waals surface area contributed by atoms with E-state index in [4.69, 9.17) is 4.74 Å². The van der Waals surface area contributed by atoms with Gasteiger partial charge in [-0.15, -0.1) is 0 Å². The molecule has 3 heterocycles. The normalized spacial score (nSPS) is 37.5. The molecular formula is C21H25N2O3+. The highest BCUT2D eigenvalue weighted by Gasteiger charge is 2.70. The number of esters is 1. The summed E-state index contributed by atoms with van der Waals surface area (Å²) in [6, 6.07) is 8.60. The molecule has 1 unspecified atom stereocenters. The van der Waals surface area contributed by atoms with Crippen molar-refractivity contribution in [3.8, 4) is 0 Å². The second-order valence-corrected chi connectivity index (χ2v) is 8.15. The standard InChI is InChI=1S/C21H24N2O3/c1-13(24)20-8-5-10-23-11-9-21(19(20)23)15-6-3-4-7-16(15)22-17(21)14(12-20)18(25)26-2/h3-8,13,19,22,24H,9-12H2,1-2H3/p+1/t13-,19+,20+,21+/m1/s1. The largest absolute Gasteiger partial charge is 0.466 e. The minimum atomic E-state index is -0.539. The number of hydrogen-bond donors (Lipinski definition) is 3. The van der Waals surface area contributed by atoms with Gasteiger partial charge in [0.25, 0.3) is 0 Å². The molecule has 0 bridgehead atoms. The van der Waals surface area contributed by atoms with Crippen LogP contribution in [0.2, 0.25) is 0 Å². The Kier molecular flexibility index (Phi) is 3.22. The lowest BCUT2D eigenvalue weighted by molar-refractivity contribution is -0.918. The number of methoxy groups -OCH3 is 1. The van der Waals surface area contributed by atoms with Crippen molar-refractivity contribution in [3.63, 3.8) is 0 Å². The monoisotopic (exact) mass is 353 g/mol. The first-order chi connectivity index (χ1) is 12.5. The zero-order valence-electron chi connectivity index (χ0n) is 15.2. The van der Waals surface area contributed by atoms with Gasteiger partial charge in [0.15, 0.2) is 0 Å². The van der Waals surface area contributed by atoms with Crippen LogP contribution in [0.1, 0.15) is 25.3 Å². The van der Waals surface area contributed by atoms with Crippen molar-refractivity contribution in [2.75, 3.05) is 25.5 Å². The average Bonchev–Trinajstić information content (AvgIpc) is 3.21. The molecule has 0 amide bonds. The van der Waals surface area contributed by atoms with Crippen molar-refractivity contribution in [1.82, 2.24) is 0 Å². The van der Waals surface area contributed by atoms with Crippen LogP contribution in [0.4, 0.5) is 5.69 Å². The van der Waals surface area contributed by atoms with E-state index in [1.165, 1.54) is 17.6 Å². The maximum atomic E-state index is 12.7. The van der Waals surface area contributed by atoms with Crippen LogP contribution in [0.25, 0.3) is 0 Å². The molecule has 0 aromatic heterocycles. The average molecular weight is 353 g/mol. The van der Waals surface area contributed by atoms with E-state index >= 15 is 0 Å². The van der Waals surface area contributed by atoms with Gasteiger partial charge in [0.05, 0.1) is 42.7 Å². The molecule has 5 atom stereocenters. The third-order valence-corrected chi connectivity index (χ3v) is 7.19. The lowest BCUT2D eigenvalue weighted by atomic mass is 9.54. The highest BCUT2D eigenvalue weighted by Crippen LogP contribution is 2.60. The molecule has 3 N–H and O–H groups in total. The summed E-state index contributed by atoms with van der Waals surface area (Å²) in [6.07, 6.45) is 5.32. The molecule has 5 heteroatoms. The summed E-state index contributed by atoms with van der Waals surface area (Å²) in [7, 11) is 1.44. The van der Waals surface area contributed by atoms with E-state index in [1.54, 1.807) is 0 Å². The quantitative estimate of drug-likeness (QED) is 0.543. The van der Waals surface area contributed by atoms with E-state index in [-0.39, 0.29) is 17.4 Å². The van der Waals surface area contributed by atoms with Crippen molar-refractivity contribution in [2.24, 2.45) is 5.41 Å². The first-order valence-corrected chi connectivity index (χ1v) is 9.43. The minimum Gasteiger partial charge on any atom is -0.466 e. The number of anilines is 1. The number of ether oxygens (including phenoxy) is 1. The van der Waals surface area contributed by atoms with Gasteiger partial charge in [-0.2, -0.15) is 0 Å². The maximum absolute atomic E-state index is 12.7. The molecule has 26 heavy (non-hydrogen) atoms. The predicted molar refractivity (Wildman–Crippen MR) is 97.8 cm³/mol. The number of para-hydroxylation sites is 1. The molecule has 1 aromatic carbocycles. The van der Waals surface area contributed by atoms with Crippen molar-refractivity contribution in [1.29, 1.82) is 0 Å². The SMILES string of the molecule is COC(=O)C1=C2Nc3ccccc3[C@@]23CC[NH+]2CC=C[C@@]([C@@H](C)O)(C1)[C@H]23. The van der Waals surface area contributed by atoms with Gasteiger partial charge in [-0.3, -0.25) is 0 Å². The summed E-state index contributed by atoms with van der Waals surface area (Å²) < 4.78 is 5.15. The number of hydrogen-bond acceptors (Lipinski definition) is 4. The van der Waals surface area contributed by atoms with Crippen LogP contribution in [0, 0.1) is 5.41 Å². The summed E-state index contributed by atoms with van der Waals surface area (Å²) >= 11 is 0. The number of fused-ring (bicyclic) bond motifs is 1. The molecule has 5 rings (SSSR count). The van der Waals surface area contributed by atoms with Crippen LogP contribution < -0.4 is 10.2 Å². The Bertz CT molecular complexity index is 859. The number of carbonyl (C=O) groups excluding carboxylic acids is 1. The Morgan fingerprint density at radius 3 is 3.00 bits per heavy atom. The number of rotatable bonds is 2. The highest BCUT2D eigenvalue weighted by atomic mass is 16.5. The Balaban J connectivity index is 1.84. The van der Waals surface area contributed by atoms with Crippen LogP contribution in [-0.4, -0.2) is 43.4 Å². The van der Waals surface area contributed by atoms with Gasteiger partial charge < -0.3 is 20.1 Å². The number of quaternary nitrogens is 1. The van der Waals surface area contributed by atoms with Gasteiger partial charge in [-0.05, 0) is 31.1 Å². The zero-order valence-corrected chi connectivity index (χ0v) is 15.2. The number of aliphatic hydroxyl groups excluding tert-OH is 1. The first kappa shape index (κ1) is 16.1. The van der Waals surface area contributed by atoms with Crippen molar-refractivity contribution in [2.45, 2.75) is 37.3 Å². The predicted octanol–water partition coefficient (Wildman–Crippen LogP) is 0.775. The van der Waals surface area contributed by atoms with E-state index in [2.05, 4.69) is 35.7 Å². The smallest absolute Gasteiger partial charge is 0.335 e. The minimum absolute atomic E-state index is 0.222. The van der Waals surface area contributed by atoms with Crippen LogP contribution in [0.3, 0.4) is 0 Å². The molecule has 0 radical (unpaired) electrons. The fourth-order valence-electron chi connectivity index (χ4n) is 6.23.